The van der Waals surface area contributed by atoms with Gasteiger partial charge in [-0.05, 0) is 36.5 Å². The van der Waals surface area contributed by atoms with Crippen molar-refractivity contribution in [2.75, 3.05) is 44.7 Å². The lowest BCUT2D eigenvalue weighted by atomic mass is 10.3. The number of sulfonamides is 1. The first-order valence-electron chi connectivity index (χ1n) is 7.54. The van der Waals surface area contributed by atoms with E-state index in [4.69, 9.17) is 22.1 Å². The van der Waals surface area contributed by atoms with E-state index in [-0.39, 0.29) is 4.90 Å². The molecule has 0 spiro atoms. The van der Waals surface area contributed by atoms with Crippen LogP contribution in [0.2, 0.25) is 0 Å². The van der Waals surface area contributed by atoms with Crippen LogP contribution in [0.1, 0.15) is 6.42 Å². The molecule has 23 heavy (non-hydrogen) atoms. The van der Waals surface area contributed by atoms with E-state index in [0.717, 1.165) is 45.8 Å². The SMILES string of the molecule is NS(=O)(=O)c1ccc(NC(=S)NCCC[NH+]2CCOCC2)cc1. The molecule has 0 bridgehead atoms. The lowest BCUT2D eigenvalue weighted by molar-refractivity contribution is -0.908. The number of quaternary nitrogens is 1. The van der Waals surface area contributed by atoms with Crippen molar-refractivity contribution in [1.29, 1.82) is 0 Å². The molecule has 0 aliphatic carbocycles. The molecule has 1 heterocycles. The third-order valence-electron chi connectivity index (χ3n) is 3.63. The average Bonchev–Trinajstić information content (AvgIpc) is 2.52. The summed E-state index contributed by atoms with van der Waals surface area (Å²) in [5.41, 5.74) is 0.716. The van der Waals surface area contributed by atoms with Crippen molar-refractivity contribution in [2.45, 2.75) is 11.3 Å². The molecule has 1 aliphatic heterocycles. The zero-order valence-electron chi connectivity index (χ0n) is 12.9. The van der Waals surface area contributed by atoms with Gasteiger partial charge in [0.15, 0.2) is 5.11 Å². The number of ether oxygens (including phenoxy) is 1. The van der Waals surface area contributed by atoms with Gasteiger partial charge in [-0.1, -0.05) is 0 Å². The van der Waals surface area contributed by atoms with Gasteiger partial charge >= 0.3 is 0 Å². The van der Waals surface area contributed by atoms with Crippen LogP contribution in [0, 0.1) is 0 Å². The molecule has 0 atom stereocenters. The lowest BCUT2D eigenvalue weighted by Gasteiger charge is -2.23. The van der Waals surface area contributed by atoms with E-state index >= 15 is 0 Å². The summed E-state index contributed by atoms with van der Waals surface area (Å²) in [6.45, 7) is 5.72. The van der Waals surface area contributed by atoms with Crippen molar-refractivity contribution in [2.24, 2.45) is 5.14 Å². The Morgan fingerprint density at radius 1 is 1.26 bits per heavy atom. The summed E-state index contributed by atoms with van der Waals surface area (Å²) in [6, 6.07) is 6.15. The van der Waals surface area contributed by atoms with Gasteiger partial charge in [-0.25, -0.2) is 13.6 Å². The highest BCUT2D eigenvalue weighted by molar-refractivity contribution is 7.89. The van der Waals surface area contributed by atoms with Crippen molar-refractivity contribution in [3.05, 3.63) is 24.3 Å². The molecule has 0 radical (unpaired) electrons. The van der Waals surface area contributed by atoms with Gasteiger partial charge in [-0.15, -0.1) is 0 Å². The summed E-state index contributed by atoms with van der Waals surface area (Å²) < 4.78 is 27.7. The third kappa shape index (κ3) is 6.40. The van der Waals surface area contributed by atoms with Gasteiger partial charge in [-0.2, -0.15) is 0 Å². The summed E-state index contributed by atoms with van der Waals surface area (Å²) in [7, 11) is -3.66. The van der Waals surface area contributed by atoms with Crippen molar-refractivity contribution >= 4 is 33.0 Å². The fourth-order valence-electron chi connectivity index (χ4n) is 2.35. The predicted molar refractivity (Wildman–Crippen MR) is 93.0 cm³/mol. The number of nitrogens with one attached hydrogen (secondary N) is 3. The molecule has 1 saturated heterocycles. The number of anilines is 1. The molecule has 1 aromatic carbocycles. The van der Waals surface area contributed by atoms with E-state index in [2.05, 4.69) is 10.6 Å². The number of hydrogen-bond donors (Lipinski definition) is 4. The van der Waals surface area contributed by atoms with Crippen LogP contribution < -0.4 is 20.7 Å². The molecule has 1 fully saturated rings. The molecule has 0 aromatic heterocycles. The lowest BCUT2D eigenvalue weighted by Crippen LogP contribution is -3.14. The highest BCUT2D eigenvalue weighted by Crippen LogP contribution is 2.12. The Labute approximate surface area is 142 Å². The molecule has 1 aliphatic rings. The number of hydrogen-bond acceptors (Lipinski definition) is 4. The van der Waals surface area contributed by atoms with E-state index in [9.17, 15) is 8.42 Å². The molecule has 7 nitrogen and oxygen atoms in total. The van der Waals surface area contributed by atoms with Gasteiger partial charge < -0.3 is 20.3 Å². The molecule has 5 N–H and O–H groups in total. The van der Waals surface area contributed by atoms with Crippen LogP contribution in [0.4, 0.5) is 5.69 Å². The highest BCUT2D eigenvalue weighted by Gasteiger charge is 2.12. The molecule has 0 saturated carbocycles. The van der Waals surface area contributed by atoms with Crippen LogP contribution in [0.15, 0.2) is 29.2 Å². The summed E-state index contributed by atoms with van der Waals surface area (Å²) in [5.74, 6) is 0. The fraction of sp³-hybridized carbons (Fsp3) is 0.500. The van der Waals surface area contributed by atoms with Gasteiger partial charge in [0, 0.05) is 18.7 Å². The normalized spacial score (nSPS) is 16.0. The maximum Gasteiger partial charge on any atom is 0.238 e. The first-order chi connectivity index (χ1) is 10.9. The Hall–Kier alpha value is -1.26. The van der Waals surface area contributed by atoms with Crippen LogP contribution in [0.25, 0.3) is 0 Å². The Morgan fingerprint density at radius 3 is 2.52 bits per heavy atom. The quantitative estimate of drug-likeness (QED) is 0.381. The monoisotopic (exact) mass is 359 g/mol. The second-order valence-electron chi connectivity index (χ2n) is 5.42. The second-order valence-corrected chi connectivity index (χ2v) is 7.39. The van der Waals surface area contributed by atoms with Crippen molar-refractivity contribution in [3.63, 3.8) is 0 Å². The van der Waals surface area contributed by atoms with E-state index in [1.165, 1.54) is 12.1 Å². The molecule has 128 valence electrons. The van der Waals surface area contributed by atoms with Gasteiger partial charge in [0.05, 0.1) is 24.7 Å². The molecule has 9 heteroatoms. The van der Waals surface area contributed by atoms with Gasteiger partial charge in [-0.3, -0.25) is 0 Å². The number of primary sulfonamides is 1. The summed E-state index contributed by atoms with van der Waals surface area (Å²) >= 11 is 5.22. The van der Waals surface area contributed by atoms with E-state index in [1.54, 1.807) is 17.0 Å². The highest BCUT2D eigenvalue weighted by atomic mass is 32.2. The molecular weight excluding hydrogens is 336 g/mol. The van der Waals surface area contributed by atoms with Crippen LogP contribution >= 0.6 is 12.2 Å². The summed E-state index contributed by atoms with van der Waals surface area (Å²) in [5, 5.41) is 11.7. The van der Waals surface area contributed by atoms with E-state index in [0.29, 0.717) is 10.8 Å². The number of rotatable bonds is 6. The van der Waals surface area contributed by atoms with Crippen LogP contribution in [0.3, 0.4) is 0 Å². The summed E-state index contributed by atoms with van der Waals surface area (Å²) in [6.07, 6.45) is 1.03. The van der Waals surface area contributed by atoms with Crippen LogP contribution in [-0.2, 0) is 14.8 Å². The molecule has 2 rings (SSSR count). The topological polar surface area (TPSA) is 97.9 Å². The number of nitrogens with two attached hydrogens (primary N) is 1. The van der Waals surface area contributed by atoms with E-state index in [1.807, 2.05) is 0 Å². The Bertz CT molecular complexity index is 613. The zero-order valence-corrected chi connectivity index (χ0v) is 14.5. The van der Waals surface area contributed by atoms with E-state index < -0.39 is 10.0 Å². The minimum Gasteiger partial charge on any atom is -0.370 e. The van der Waals surface area contributed by atoms with Crippen LogP contribution in [-0.4, -0.2) is 52.9 Å². The smallest absolute Gasteiger partial charge is 0.238 e. The molecule has 0 unspecified atom stereocenters. The Morgan fingerprint density at radius 2 is 1.91 bits per heavy atom. The largest absolute Gasteiger partial charge is 0.370 e. The van der Waals surface area contributed by atoms with Crippen molar-refractivity contribution < 1.29 is 18.1 Å². The van der Waals surface area contributed by atoms with Crippen LogP contribution in [0.5, 0.6) is 0 Å². The third-order valence-corrected chi connectivity index (χ3v) is 4.81. The Balaban J connectivity index is 1.68. The van der Waals surface area contributed by atoms with Gasteiger partial charge in [0.1, 0.15) is 13.1 Å². The molecular formula is C14H23N4O3S2+. The average molecular weight is 359 g/mol. The van der Waals surface area contributed by atoms with Crippen molar-refractivity contribution in [3.8, 4) is 0 Å². The first-order valence-corrected chi connectivity index (χ1v) is 9.49. The zero-order chi connectivity index (χ0) is 16.7. The van der Waals surface area contributed by atoms with Crippen molar-refractivity contribution in [1.82, 2.24) is 5.32 Å². The first kappa shape index (κ1) is 18.1. The minimum atomic E-state index is -3.66. The number of benzene rings is 1. The molecule has 0 amide bonds. The number of morpholine rings is 1. The maximum atomic E-state index is 11.2. The second kappa shape index (κ2) is 8.55. The maximum absolute atomic E-state index is 11.2. The Kier molecular flexibility index (Phi) is 6.72. The summed E-state index contributed by atoms with van der Waals surface area (Å²) in [4.78, 5) is 1.64. The standard InChI is InChI=1S/C14H22N4O3S2/c15-23(19,20)13-4-2-12(3-5-13)17-14(22)16-6-1-7-18-8-10-21-11-9-18/h2-5H,1,6-11H2,(H2,15,19,20)(H2,16,17,22)/p+1. The number of thiocarbonyl (C=S) groups is 1. The molecule has 1 aromatic rings. The van der Waals surface area contributed by atoms with Gasteiger partial charge in [0.25, 0.3) is 0 Å². The minimum absolute atomic E-state index is 0.0791. The van der Waals surface area contributed by atoms with Gasteiger partial charge in [0.2, 0.25) is 10.0 Å². The predicted octanol–water partition coefficient (Wildman–Crippen LogP) is -1.07. The fourth-order valence-corrected chi connectivity index (χ4v) is 3.09.